The van der Waals surface area contributed by atoms with Crippen molar-refractivity contribution in [2.24, 2.45) is 0 Å². The first-order valence-corrected chi connectivity index (χ1v) is 16.9. The zero-order valence-corrected chi connectivity index (χ0v) is 29.6. The van der Waals surface area contributed by atoms with E-state index in [-0.39, 0.29) is 13.0 Å². The van der Waals surface area contributed by atoms with E-state index in [0.29, 0.717) is 17.7 Å². The Bertz CT molecular complexity index is 1350. The summed E-state index contributed by atoms with van der Waals surface area (Å²) in [6.45, 7) is 18.2. The lowest BCUT2D eigenvalue weighted by atomic mass is 9.95. The lowest BCUT2D eigenvalue weighted by Crippen LogP contribution is -2.55. The van der Waals surface area contributed by atoms with Crippen LogP contribution in [0.25, 0.3) is 0 Å². The molecule has 2 aromatic rings. The van der Waals surface area contributed by atoms with Crippen LogP contribution in [0.1, 0.15) is 76.3 Å². The van der Waals surface area contributed by atoms with Crippen molar-refractivity contribution >= 4 is 35.6 Å². The molecule has 3 amide bonds. The van der Waals surface area contributed by atoms with E-state index in [2.05, 4.69) is 17.2 Å². The molecule has 0 spiro atoms. The SMILES string of the molecule is C=CCN(C(=O)C(CCSC)NC(=O)OC(C)(C)C)C(C(=O)NC(Cc1ccccc1)C(=O)OC(C)(C)C)c1ccc(C)cc1C. The van der Waals surface area contributed by atoms with E-state index in [4.69, 9.17) is 9.47 Å². The third kappa shape index (κ3) is 12.5. The van der Waals surface area contributed by atoms with Gasteiger partial charge in [-0.15, -0.1) is 6.58 Å². The van der Waals surface area contributed by atoms with Crippen LogP contribution in [-0.2, 0) is 30.3 Å². The van der Waals surface area contributed by atoms with E-state index in [9.17, 15) is 19.2 Å². The Kier molecular flexibility index (Phi) is 14.4. The van der Waals surface area contributed by atoms with Crippen LogP contribution in [0, 0.1) is 13.8 Å². The van der Waals surface area contributed by atoms with Crippen LogP contribution in [0.15, 0.2) is 61.2 Å². The van der Waals surface area contributed by atoms with E-state index in [1.807, 2.05) is 68.6 Å². The molecule has 0 aliphatic carbocycles. The first kappa shape index (κ1) is 38.4. The smallest absolute Gasteiger partial charge is 0.408 e. The van der Waals surface area contributed by atoms with Gasteiger partial charge in [-0.25, -0.2) is 9.59 Å². The molecular formula is C36H51N3O6S. The number of thioether (sulfide) groups is 1. The van der Waals surface area contributed by atoms with Gasteiger partial charge in [0.2, 0.25) is 11.8 Å². The van der Waals surface area contributed by atoms with Gasteiger partial charge in [-0.3, -0.25) is 9.59 Å². The molecule has 0 bridgehead atoms. The number of esters is 1. The van der Waals surface area contributed by atoms with Crippen LogP contribution in [-0.4, -0.2) is 70.6 Å². The molecule has 0 heterocycles. The summed E-state index contributed by atoms with van der Waals surface area (Å²) in [6.07, 6.45) is 3.21. The van der Waals surface area contributed by atoms with Gasteiger partial charge in [0.1, 0.15) is 29.3 Å². The minimum absolute atomic E-state index is 0.00575. The highest BCUT2D eigenvalue weighted by Crippen LogP contribution is 2.28. The van der Waals surface area contributed by atoms with Crippen molar-refractivity contribution in [3.05, 3.63) is 83.4 Å². The van der Waals surface area contributed by atoms with Crippen molar-refractivity contribution in [2.75, 3.05) is 18.6 Å². The number of hydrogen-bond acceptors (Lipinski definition) is 7. The van der Waals surface area contributed by atoms with E-state index in [0.717, 1.165) is 16.7 Å². The van der Waals surface area contributed by atoms with Crippen molar-refractivity contribution in [2.45, 2.75) is 97.6 Å². The van der Waals surface area contributed by atoms with Crippen LogP contribution in [0.3, 0.4) is 0 Å². The van der Waals surface area contributed by atoms with Gasteiger partial charge < -0.3 is 25.0 Å². The van der Waals surface area contributed by atoms with Crippen LogP contribution in [0.5, 0.6) is 0 Å². The number of nitrogens with one attached hydrogen (secondary N) is 2. The maximum absolute atomic E-state index is 14.5. The first-order chi connectivity index (χ1) is 21.5. The summed E-state index contributed by atoms with van der Waals surface area (Å²) in [5.41, 5.74) is 1.64. The minimum atomic E-state index is -1.15. The van der Waals surface area contributed by atoms with Gasteiger partial charge >= 0.3 is 12.1 Å². The molecule has 0 saturated heterocycles. The molecule has 10 heteroatoms. The molecule has 3 unspecified atom stereocenters. The fraction of sp³-hybridized carbons (Fsp3) is 0.500. The van der Waals surface area contributed by atoms with E-state index >= 15 is 0 Å². The number of carbonyl (C=O) groups excluding carboxylic acids is 4. The predicted molar refractivity (Wildman–Crippen MR) is 185 cm³/mol. The van der Waals surface area contributed by atoms with Gasteiger partial charge in [-0.05, 0) is 90.5 Å². The summed E-state index contributed by atoms with van der Waals surface area (Å²) >= 11 is 1.53. The van der Waals surface area contributed by atoms with E-state index < -0.39 is 53.2 Å². The first-order valence-electron chi connectivity index (χ1n) is 15.5. The highest BCUT2D eigenvalue weighted by atomic mass is 32.2. The van der Waals surface area contributed by atoms with Crippen molar-refractivity contribution in [3.8, 4) is 0 Å². The average Bonchev–Trinajstić information content (AvgIpc) is 2.94. The second-order valence-corrected chi connectivity index (χ2v) is 14.3. The Labute approximate surface area is 278 Å². The number of nitrogens with zero attached hydrogens (tertiary/aromatic N) is 1. The normalized spacial score (nSPS) is 13.5. The highest BCUT2D eigenvalue weighted by Gasteiger charge is 2.38. The Morgan fingerprint density at radius 2 is 1.54 bits per heavy atom. The Morgan fingerprint density at radius 3 is 2.09 bits per heavy atom. The van der Waals surface area contributed by atoms with Gasteiger partial charge in [0.25, 0.3) is 0 Å². The molecule has 9 nitrogen and oxygen atoms in total. The quantitative estimate of drug-likeness (QED) is 0.188. The van der Waals surface area contributed by atoms with Crippen LogP contribution >= 0.6 is 11.8 Å². The van der Waals surface area contributed by atoms with Crippen molar-refractivity contribution in [1.29, 1.82) is 0 Å². The van der Waals surface area contributed by atoms with Crippen LogP contribution in [0.4, 0.5) is 4.79 Å². The molecule has 46 heavy (non-hydrogen) atoms. The molecule has 0 fully saturated rings. The molecule has 2 N–H and O–H groups in total. The van der Waals surface area contributed by atoms with Crippen molar-refractivity contribution < 1.29 is 28.7 Å². The summed E-state index contributed by atoms with van der Waals surface area (Å²) in [4.78, 5) is 56.5. The molecule has 0 aromatic heterocycles. The van der Waals surface area contributed by atoms with Crippen LogP contribution < -0.4 is 10.6 Å². The summed E-state index contributed by atoms with van der Waals surface area (Å²) in [6, 6.07) is 11.8. The third-order valence-electron chi connectivity index (χ3n) is 6.78. The number of amides is 3. The van der Waals surface area contributed by atoms with Gasteiger partial charge in [-0.1, -0.05) is 60.2 Å². The summed E-state index contributed by atoms with van der Waals surface area (Å²) < 4.78 is 11.2. The topological polar surface area (TPSA) is 114 Å². The fourth-order valence-electron chi connectivity index (χ4n) is 4.85. The lowest BCUT2D eigenvalue weighted by molar-refractivity contribution is -0.159. The molecule has 0 aliphatic heterocycles. The number of ether oxygens (including phenoxy) is 2. The van der Waals surface area contributed by atoms with Crippen molar-refractivity contribution in [1.82, 2.24) is 15.5 Å². The number of benzene rings is 2. The number of aryl methyl sites for hydroxylation is 2. The molecule has 3 atom stereocenters. The maximum atomic E-state index is 14.5. The van der Waals surface area contributed by atoms with Gasteiger partial charge in [0, 0.05) is 13.0 Å². The lowest BCUT2D eigenvalue weighted by Gasteiger charge is -2.35. The molecule has 0 aliphatic rings. The Hall–Kier alpha value is -3.79. The Balaban J connectivity index is 2.62. The second-order valence-electron chi connectivity index (χ2n) is 13.3. The van der Waals surface area contributed by atoms with Crippen LogP contribution in [0.2, 0.25) is 0 Å². The standard InChI is InChI=1S/C36H51N3O6S/c1-11-20-39(32(41)28(19-21-46-10)38-34(43)45-36(7,8)9)30(27-18-17-24(2)22-25(27)3)31(40)37-29(33(42)44-35(4,5)6)23-26-15-13-12-14-16-26/h11-18,22,28-30H,1,19-21,23H2,2-10H3,(H,37,40)(H,38,43). The molecule has 0 radical (unpaired) electrons. The molecule has 2 aromatic carbocycles. The molecular weight excluding hydrogens is 602 g/mol. The zero-order chi connectivity index (χ0) is 34.7. The number of rotatable bonds is 14. The summed E-state index contributed by atoms with van der Waals surface area (Å²) in [5, 5.41) is 5.65. The molecule has 252 valence electrons. The zero-order valence-electron chi connectivity index (χ0n) is 28.8. The molecule has 2 rings (SSSR count). The summed E-state index contributed by atoms with van der Waals surface area (Å²) in [5.74, 6) is -1.05. The Morgan fingerprint density at radius 1 is 0.913 bits per heavy atom. The van der Waals surface area contributed by atoms with E-state index in [1.165, 1.54) is 22.7 Å². The van der Waals surface area contributed by atoms with Gasteiger partial charge in [-0.2, -0.15) is 11.8 Å². The number of carbonyl (C=O) groups is 4. The van der Waals surface area contributed by atoms with Crippen molar-refractivity contribution in [3.63, 3.8) is 0 Å². The number of alkyl carbamates (subject to hydrolysis) is 1. The third-order valence-corrected chi connectivity index (χ3v) is 7.42. The summed E-state index contributed by atoms with van der Waals surface area (Å²) in [7, 11) is 0. The number of hydrogen-bond donors (Lipinski definition) is 2. The van der Waals surface area contributed by atoms with Gasteiger partial charge in [0.15, 0.2) is 0 Å². The molecule has 0 saturated carbocycles. The monoisotopic (exact) mass is 653 g/mol. The fourth-order valence-corrected chi connectivity index (χ4v) is 5.33. The highest BCUT2D eigenvalue weighted by molar-refractivity contribution is 7.98. The minimum Gasteiger partial charge on any atom is -0.458 e. The average molecular weight is 654 g/mol. The second kappa shape index (κ2) is 17.2. The predicted octanol–water partition coefficient (Wildman–Crippen LogP) is 6.07. The van der Waals surface area contributed by atoms with E-state index in [1.54, 1.807) is 41.5 Å². The van der Waals surface area contributed by atoms with Gasteiger partial charge in [0.05, 0.1) is 0 Å². The maximum Gasteiger partial charge on any atom is 0.408 e. The largest absolute Gasteiger partial charge is 0.458 e.